The summed E-state index contributed by atoms with van der Waals surface area (Å²) in [7, 11) is 0. The van der Waals surface area contributed by atoms with E-state index in [9.17, 15) is 0 Å². The molecule has 74 valence electrons. The highest BCUT2D eigenvalue weighted by atomic mass is 32.1. The Morgan fingerprint density at radius 2 is 2.21 bits per heavy atom. The predicted molar refractivity (Wildman–Crippen MR) is 53.6 cm³/mol. The Morgan fingerprint density at radius 3 is 2.71 bits per heavy atom. The number of anilines is 1. The molecule has 0 saturated carbocycles. The second kappa shape index (κ2) is 3.24. The highest BCUT2D eigenvalue weighted by Gasteiger charge is 2.12. The molecule has 2 heterocycles. The molecule has 2 aromatic rings. The van der Waals surface area contributed by atoms with Gasteiger partial charge in [0.2, 0.25) is 11.8 Å². The lowest BCUT2D eigenvalue weighted by atomic mass is 10.5. The standard InChI is InChI=1S/C6H9N7S/c7-1-4-10-3(2-14-4)5-11-12-6(8)13(5)9/h2H,1,7,9H2,(H2,8,12). The van der Waals surface area contributed by atoms with E-state index >= 15 is 0 Å². The Labute approximate surface area is 83.5 Å². The van der Waals surface area contributed by atoms with Gasteiger partial charge in [-0.1, -0.05) is 0 Å². The topological polar surface area (TPSA) is 122 Å². The van der Waals surface area contributed by atoms with E-state index < -0.39 is 0 Å². The number of aromatic nitrogens is 4. The van der Waals surface area contributed by atoms with Gasteiger partial charge in [-0.15, -0.1) is 21.5 Å². The van der Waals surface area contributed by atoms with Crippen molar-refractivity contribution in [3.8, 4) is 11.5 Å². The molecule has 0 aliphatic rings. The second-order valence-electron chi connectivity index (χ2n) is 2.58. The number of nitrogens with zero attached hydrogens (tertiary/aromatic N) is 4. The molecule has 6 N–H and O–H groups in total. The smallest absolute Gasteiger partial charge is 0.241 e. The zero-order valence-electron chi connectivity index (χ0n) is 7.21. The van der Waals surface area contributed by atoms with E-state index in [0.29, 0.717) is 18.1 Å². The highest BCUT2D eigenvalue weighted by Crippen LogP contribution is 2.19. The van der Waals surface area contributed by atoms with Gasteiger partial charge >= 0.3 is 0 Å². The molecule has 2 rings (SSSR count). The van der Waals surface area contributed by atoms with Crippen LogP contribution in [0, 0.1) is 0 Å². The van der Waals surface area contributed by atoms with E-state index in [1.54, 1.807) is 0 Å². The lowest BCUT2D eigenvalue weighted by Crippen LogP contribution is -2.13. The summed E-state index contributed by atoms with van der Waals surface area (Å²) >= 11 is 1.45. The van der Waals surface area contributed by atoms with Gasteiger partial charge in [-0.2, -0.15) is 0 Å². The first kappa shape index (κ1) is 8.91. The Balaban J connectivity index is 2.44. The minimum absolute atomic E-state index is 0.155. The van der Waals surface area contributed by atoms with Crippen molar-refractivity contribution in [3.63, 3.8) is 0 Å². The fourth-order valence-electron chi connectivity index (χ4n) is 0.985. The maximum atomic E-state index is 5.59. The molecule has 0 unspecified atom stereocenters. The molecule has 0 aliphatic carbocycles. The predicted octanol–water partition coefficient (Wildman–Crippen LogP) is -0.844. The van der Waals surface area contributed by atoms with Gasteiger partial charge in [-0.3, -0.25) is 0 Å². The third-order valence-corrected chi connectivity index (χ3v) is 2.55. The van der Waals surface area contributed by atoms with E-state index in [1.165, 1.54) is 16.0 Å². The summed E-state index contributed by atoms with van der Waals surface area (Å²) in [5.74, 6) is 6.18. The van der Waals surface area contributed by atoms with Crippen molar-refractivity contribution in [1.82, 2.24) is 19.9 Å². The average Bonchev–Trinajstić information content (AvgIpc) is 2.75. The van der Waals surface area contributed by atoms with Crippen molar-refractivity contribution in [2.45, 2.75) is 6.54 Å². The molecular weight excluding hydrogens is 202 g/mol. The molecule has 0 aromatic carbocycles. The summed E-state index contributed by atoms with van der Waals surface area (Å²) in [4.78, 5) is 4.21. The molecule has 7 nitrogen and oxygen atoms in total. The van der Waals surface area contributed by atoms with Gasteiger partial charge < -0.3 is 17.3 Å². The van der Waals surface area contributed by atoms with E-state index in [4.69, 9.17) is 17.3 Å². The fourth-order valence-corrected chi connectivity index (χ4v) is 1.64. The maximum absolute atomic E-state index is 5.59. The lowest BCUT2D eigenvalue weighted by Gasteiger charge is -1.96. The Kier molecular flexibility index (Phi) is 2.06. The molecular formula is C6H9N7S. The summed E-state index contributed by atoms with van der Waals surface area (Å²) in [6.07, 6.45) is 0. The van der Waals surface area contributed by atoms with E-state index in [1.807, 2.05) is 5.38 Å². The third-order valence-electron chi connectivity index (χ3n) is 1.68. The molecule has 14 heavy (non-hydrogen) atoms. The summed E-state index contributed by atoms with van der Waals surface area (Å²) in [5.41, 5.74) is 11.5. The zero-order valence-corrected chi connectivity index (χ0v) is 8.03. The van der Waals surface area contributed by atoms with Gasteiger partial charge in [0.15, 0.2) is 0 Å². The van der Waals surface area contributed by atoms with Crippen molar-refractivity contribution in [2.75, 3.05) is 11.6 Å². The van der Waals surface area contributed by atoms with Crippen LogP contribution < -0.4 is 17.3 Å². The maximum Gasteiger partial charge on any atom is 0.241 e. The van der Waals surface area contributed by atoms with Crippen LogP contribution in [0.25, 0.3) is 11.5 Å². The van der Waals surface area contributed by atoms with Crippen LogP contribution in [-0.2, 0) is 6.54 Å². The first-order chi connectivity index (χ1) is 6.72. The van der Waals surface area contributed by atoms with Crippen LogP contribution in [0.2, 0.25) is 0 Å². The Hall–Kier alpha value is -1.67. The summed E-state index contributed by atoms with van der Waals surface area (Å²) in [6.45, 7) is 0.402. The summed E-state index contributed by atoms with van der Waals surface area (Å²) in [5, 5.41) is 10.1. The van der Waals surface area contributed by atoms with Crippen LogP contribution in [0.4, 0.5) is 5.95 Å². The average molecular weight is 211 g/mol. The molecule has 0 saturated heterocycles. The van der Waals surface area contributed by atoms with Crippen LogP contribution in [0.3, 0.4) is 0 Å². The van der Waals surface area contributed by atoms with Crippen molar-refractivity contribution in [1.29, 1.82) is 0 Å². The van der Waals surface area contributed by atoms with Crippen LogP contribution in [-0.4, -0.2) is 19.9 Å². The quantitative estimate of drug-likeness (QED) is 0.556. The van der Waals surface area contributed by atoms with Crippen LogP contribution >= 0.6 is 11.3 Å². The van der Waals surface area contributed by atoms with Crippen molar-refractivity contribution in [3.05, 3.63) is 10.4 Å². The van der Waals surface area contributed by atoms with Crippen LogP contribution in [0.1, 0.15) is 5.01 Å². The third kappa shape index (κ3) is 1.30. The summed E-state index contributed by atoms with van der Waals surface area (Å²) in [6, 6.07) is 0. The van der Waals surface area contributed by atoms with E-state index in [-0.39, 0.29) is 5.95 Å². The molecule has 0 bridgehead atoms. The number of nitrogen functional groups attached to an aromatic ring is 2. The fraction of sp³-hybridized carbons (Fsp3) is 0.167. The van der Waals surface area contributed by atoms with E-state index in [2.05, 4.69) is 15.2 Å². The Bertz CT molecular complexity index is 445. The molecule has 8 heteroatoms. The normalized spacial score (nSPS) is 10.6. The number of rotatable bonds is 2. The first-order valence-electron chi connectivity index (χ1n) is 3.83. The number of hydrogen-bond acceptors (Lipinski definition) is 7. The molecule has 0 aliphatic heterocycles. The van der Waals surface area contributed by atoms with Gasteiger partial charge in [-0.05, 0) is 0 Å². The van der Waals surface area contributed by atoms with Crippen molar-refractivity contribution in [2.24, 2.45) is 5.73 Å². The van der Waals surface area contributed by atoms with Crippen molar-refractivity contribution < 1.29 is 0 Å². The molecule has 0 amide bonds. The number of nitrogens with two attached hydrogens (primary N) is 3. The van der Waals surface area contributed by atoms with Crippen LogP contribution in [0.15, 0.2) is 5.38 Å². The van der Waals surface area contributed by atoms with Gasteiger partial charge in [-0.25, -0.2) is 9.66 Å². The SMILES string of the molecule is NCc1nc(-c2nnc(N)n2N)cs1. The minimum atomic E-state index is 0.155. The second-order valence-corrected chi connectivity index (χ2v) is 3.53. The van der Waals surface area contributed by atoms with E-state index in [0.717, 1.165) is 5.01 Å². The van der Waals surface area contributed by atoms with Gasteiger partial charge in [0, 0.05) is 11.9 Å². The number of thiazole rings is 1. The molecule has 0 fully saturated rings. The first-order valence-corrected chi connectivity index (χ1v) is 4.71. The zero-order chi connectivity index (χ0) is 10.1. The minimum Gasteiger partial charge on any atom is -0.366 e. The van der Waals surface area contributed by atoms with Gasteiger partial charge in [0.25, 0.3) is 0 Å². The largest absolute Gasteiger partial charge is 0.366 e. The van der Waals surface area contributed by atoms with Gasteiger partial charge in [0.1, 0.15) is 10.7 Å². The molecule has 0 atom stereocenters. The van der Waals surface area contributed by atoms with Crippen LogP contribution in [0.5, 0.6) is 0 Å². The van der Waals surface area contributed by atoms with Gasteiger partial charge in [0.05, 0.1) is 0 Å². The molecule has 0 radical (unpaired) electrons. The molecule has 2 aromatic heterocycles. The monoisotopic (exact) mass is 211 g/mol. The highest BCUT2D eigenvalue weighted by molar-refractivity contribution is 7.09. The summed E-state index contributed by atoms with van der Waals surface area (Å²) < 4.78 is 1.19. The van der Waals surface area contributed by atoms with Crippen molar-refractivity contribution >= 4 is 17.3 Å². The lowest BCUT2D eigenvalue weighted by molar-refractivity contribution is 0.994. The molecule has 0 spiro atoms. The Morgan fingerprint density at radius 1 is 1.43 bits per heavy atom. The number of hydrogen-bond donors (Lipinski definition) is 3.